The summed E-state index contributed by atoms with van der Waals surface area (Å²) in [6, 6.07) is 11.3. The fourth-order valence-electron chi connectivity index (χ4n) is 1.68. The summed E-state index contributed by atoms with van der Waals surface area (Å²) in [7, 11) is 0. The molecule has 0 aromatic heterocycles. The SMILES string of the molecule is O=C(NNc1ccc([N+](=O)[O-])cc1[N+](=O)[O-])c1ccccc1. The Kier molecular flexibility index (Phi) is 4.27. The van der Waals surface area contributed by atoms with Crippen molar-refractivity contribution in [1.82, 2.24) is 5.43 Å². The number of nitrogens with zero attached hydrogens (tertiary/aromatic N) is 2. The number of nitro groups is 2. The van der Waals surface area contributed by atoms with Crippen molar-refractivity contribution >= 4 is 23.0 Å². The predicted molar refractivity (Wildman–Crippen MR) is 77.3 cm³/mol. The van der Waals surface area contributed by atoms with Crippen molar-refractivity contribution in [2.75, 3.05) is 5.43 Å². The first kappa shape index (κ1) is 14.9. The van der Waals surface area contributed by atoms with Gasteiger partial charge in [0.25, 0.3) is 11.6 Å². The maximum atomic E-state index is 11.8. The molecule has 0 saturated heterocycles. The highest BCUT2D eigenvalue weighted by molar-refractivity contribution is 5.95. The molecule has 0 saturated carbocycles. The Morgan fingerprint density at radius 3 is 2.23 bits per heavy atom. The average Bonchev–Trinajstić information content (AvgIpc) is 2.53. The Bertz CT molecular complexity index is 732. The van der Waals surface area contributed by atoms with E-state index in [1.165, 1.54) is 0 Å². The first-order chi connectivity index (χ1) is 10.5. The van der Waals surface area contributed by atoms with Crippen LogP contribution in [0.1, 0.15) is 10.4 Å². The summed E-state index contributed by atoms with van der Waals surface area (Å²) < 4.78 is 0. The Hall–Kier alpha value is -3.49. The summed E-state index contributed by atoms with van der Waals surface area (Å²) in [6.07, 6.45) is 0. The number of non-ortho nitro benzene ring substituents is 1. The lowest BCUT2D eigenvalue weighted by Gasteiger charge is -2.08. The van der Waals surface area contributed by atoms with E-state index in [1.54, 1.807) is 30.3 Å². The van der Waals surface area contributed by atoms with E-state index in [2.05, 4.69) is 10.9 Å². The van der Waals surface area contributed by atoms with Crippen LogP contribution in [-0.2, 0) is 0 Å². The van der Waals surface area contributed by atoms with Gasteiger partial charge in [0, 0.05) is 11.6 Å². The van der Waals surface area contributed by atoms with Crippen molar-refractivity contribution in [3.63, 3.8) is 0 Å². The van der Waals surface area contributed by atoms with Crippen LogP contribution in [0, 0.1) is 20.2 Å². The topological polar surface area (TPSA) is 127 Å². The third-order valence-corrected chi connectivity index (χ3v) is 2.74. The molecule has 0 aliphatic heterocycles. The van der Waals surface area contributed by atoms with Crippen LogP contribution in [0.5, 0.6) is 0 Å². The molecule has 0 aliphatic rings. The minimum Gasteiger partial charge on any atom is -0.292 e. The number of hydrogen-bond donors (Lipinski definition) is 2. The van der Waals surface area contributed by atoms with Gasteiger partial charge in [-0.15, -0.1) is 0 Å². The van der Waals surface area contributed by atoms with E-state index in [-0.39, 0.29) is 5.69 Å². The van der Waals surface area contributed by atoms with Crippen LogP contribution >= 0.6 is 0 Å². The Morgan fingerprint density at radius 1 is 0.955 bits per heavy atom. The van der Waals surface area contributed by atoms with E-state index >= 15 is 0 Å². The van der Waals surface area contributed by atoms with Gasteiger partial charge in [-0.1, -0.05) is 18.2 Å². The van der Waals surface area contributed by atoms with Gasteiger partial charge in [0.05, 0.1) is 15.9 Å². The average molecular weight is 302 g/mol. The quantitative estimate of drug-likeness (QED) is 0.644. The minimum absolute atomic E-state index is 0.0557. The lowest BCUT2D eigenvalue weighted by Crippen LogP contribution is -2.29. The molecule has 0 atom stereocenters. The summed E-state index contributed by atoms with van der Waals surface area (Å²) in [5.74, 6) is -0.492. The largest absolute Gasteiger partial charge is 0.300 e. The molecule has 0 heterocycles. The Labute approximate surface area is 123 Å². The molecule has 0 aliphatic carbocycles. The van der Waals surface area contributed by atoms with Crippen molar-refractivity contribution in [3.8, 4) is 0 Å². The second kappa shape index (κ2) is 6.31. The van der Waals surface area contributed by atoms with Crippen LogP contribution in [0.4, 0.5) is 17.1 Å². The number of hydrazine groups is 1. The summed E-state index contributed by atoms with van der Waals surface area (Å²) in [5, 5.41) is 21.6. The fraction of sp³-hybridized carbons (Fsp3) is 0. The van der Waals surface area contributed by atoms with E-state index < -0.39 is 27.1 Å². The van der Waals surface area contributed by atoms with Crippen molar-refractivity contribution in [3.05, 3.63) is 74.3 Å². The van der Waals surface area contributed by atoms with Crippen molar-refractivity contribution in [2.24, 2.45) is 0 Å². The van der Waals surface area contributed by atoms with Gasteiger partial charge in [-0.25, -0.2) is 0 Å². The lowest BCUT2D eigenvalue weighted by atomic mass is 10.2. The van der Waals surface area contributed by atoms with E-state index in [0.717, 1.165) is 18.2 Å². The number of carbonyl (C=O) groups is 1. The third-order valence-electron chi connectivity index (χ3n) is 2.74. The van der Waals surface area contributed by atoms with Crippen LogP contribution in [0.3, 0.4) is 0 Å². The maximum Gasteiger partial charge on any atom is 0.300 e. The number of nitro benzene ring substituents is 2. The maximum absolute atomic E-state index is 11.8. The lowest BCUT2D eigenvalue weighted by molar-refractivity contribution is -0.393. The molecule has 9 nitrogen and oxygen atoms in total. The summed E-state index contributed by atoms with van der Waals surface area (Å²) in [5.41, 5.74) is 4.07. The molecule has 0 spiro atoms. The van der Waals surface area contributed by atoms with Crippen molar-refractivity contribution in [1.29, 1.82) is 0 Å². The number of rotatable bonds is 5. The van der Waals surface area contributed by atoms with Gasteiger partial charge in [0.15, 0.2) is 0 Å². The molecule has 0 unspecified atom stereocenters. The molecule has 2 aromatic carbocycles. The number of hydrogen-bond acceptors (Lipinski definition) is 6. The molecule has 22 heavy (non-hydrogen) atoms. The zero-order valence-electron chi connectivity index (χ0n) is 11.1. The van der Waals surface area contributed by atoms with E-state index in [1.807, 2.05) is 0 Å². The normalized spacial score (nSPS) is 9.82. The van der Waals surface area contributed by atoms with Gasteiger partial charge in [-0.2, -0.15) is 0 Å². The highest BCUT2D eigenvalue weighted by Crippen LogP contribution is 2.28. The van der Waals surface area contributed by atoms with Gasteiger partial charge < -0.3 is 0 Å². The van der Waals surface area contributed by atoms with Crippen LogP contribution in [0.15, 0.2) is 48.5 Å². The van der Waals surface area contributed by atoms with Gasteiger partial charge in [0.2, 0.25) is 0 Å². The molecule has 2 aromatic rings. The summed E-state index contributed by atoms with van der Waals surface area (Å²) >= 11 is 0. The number of carbonyl (C=O) groups excluding carboxylic acids is 1. The molecule has 112 valence electrons. The van der Waals surface area contributed by atoms with E-state index in [9.17, 15) is 25.0 Å². The first-order valence-electron chi connectivity index (χ1n) is 6.03. The van der Waals surface area contributed by atoms with Gasteiger partial charge in [0.1, 0.15) is 5.69 Å². The van der Waals surface area contributed by atoms with E-state index in [4.69, 9.17) is 0 Å². The first-order valence-corrected chi connectivity index (χ1v) is 6.03. The monoisotopic (exact) mass is 302 g/mol. The predicted octanol–water partition coefficient (Wildman–Crippen LogP) is 2.26. The standard InChI is InChI=1S/C13H10N4O5/c18-13(9-4-2-1-3-5-9)15-14-11-7-6-10(16(19)20)8-12(11)17(21)22/h1-8,14H,(H,15,18). The zero-order valence-corrected chi connectivity index (χ0v) is 11.1. The molecular weight excluding hydrogens is 292 g/mol. The second-order valence-electron chi connectivity index (χ2n) is 4.16. The molecule has 2 rings (SSSR count). The van der Waals surface area contributed by atoms with Crippen molar-refractivity contribution < 1.29 is 14.6 Å². The zero-order chi connectivity index (χ0) is 16.1. The number of anilines is 1. The smallest absolute Gasteiger partial charge is 0.292 e. The Morgan fingerprint density at radius 2 is 1.64 bits per heavy atom. The van der Waals surface area contributed by atoms with Crippen molar-refractivity contribution in [2.45, 2.75) is 0 Å². The molecule has 2 N–H and O–H groups in total. The fourth-order valence-corrected chi connectivity index (χ4v) is 1.68. The molecule has 0 fully saturated rings. The number of benzene rings is 2. The molecule has 1 amide bonds. The Balaban J connectivity index is 2.17. The summed E-state index contributed by atoms with van der Waals surface area (Å²) in [4.78, 5) is 31.9. The summed E-state index contributed by atoms with van der Waals surface area (Å²) in [6.45, 7) is 0. The van der Waals surface area contributed by atoms with Crippen LogP contribution in [0.2, 0.25) is 0 Å². The molecular formula is C13H10N4O5. The van der Waals surface area contributed by atoms with Crippen LogP contribution in [0.25, 0.3) is 0 Å². The molecule has 9 heteroatoms. The third kappa shape index (κ3) is 3.33. The molecule has 0 radical (unpaired) electrons. The highest BCUT2D eigenvalue weighted by atomic mass is 16.6. The van der Waals surface area contributed by atoms with Gasteiger partial charge in [-0.05, 0) is 18.2 Å². The van der Waals surface area contributed by atoms with E-state index in [0.29, 0.717) is 5.56 Å². The minimum atomic E-state index is -0.774. The molecule has 0 bridgehead atoms. The second-order valence-corrected chi connectivity index (χ2v) is 4.16. The van der Waals surface area contributed by atoms with Gasteiger partial charge >= 0.3 is 5.69 Å². The highest BCUT2D eigenvalue weighted by Gasteiger charge is 2.19. The number of amides is 1. The van der Waals surface area contributed by atoms with Crippen LogP contribution < -0.4 is 10.9 Å². The number of nitrogens with one attached hydrogen (secondary N) is 2. The van der Waals surface area contributed by atoms with Crippen LogP contribution in [-0.4, -0.2) is 15.8 Å². The van der Waals surface area contributed by atoms with Gasteiger partial charge in [-0.3, -0.25) is 35.9 Å².